The molecule has 5 nitrogen and oxygen atoms in total. The highest BCUT2D eigenvalue weighted by Gasteiger charge is 2.25. The van der Waals surface area contributed by atoms with Gasteiger partial charge >= 0.3 is 0 Å². The Hall–Kier alpha value is -2.30. The topological polar surface area (TPSA) is 62.6 Å². The van der Waals surface area contributed by atoms with Crippen molar-refractivity contribution in [3.63, 3.8) is 0 Å². The van der Waals surface area contributed by atoms with Crippen LogP contribution in [-0.4, -0.2) is 36.3 Å². The Bertz CT molecular complexity index is 716. The Labute approximate surface area is 129 Å². The van der Waals surface area contributed by atoms with Crippen molar-refractivity contribution in [2.45, 2.75) is 32.2 Å². The van der Waals surface area contributed by atoms with Crippen molar-refractivity contribution in [3.8, 4) is 0 Å². The number of nitrogens with one attached hydrogen (secondary N) is 1. The second-order valence-corrected chi connectivity index (χ2v) is 5.84. The molecule has 22 heavy (non-hydrogen) atoms. The molecule has 3 rings (SSSR count). The second-order valence-electron chi connectivity index (χ2n) is 5.84. The fraction of sp³-hybridized carbons (Fsp3) is 0.412. The number of benzene rings is 1. The zero-order valence-corrected chi connectivity index (χ0v) is 12.9. The van der Waals surface area contributed by atoms with Crippen LogP contribution >= 0.6 is 0 Å². The zero-order valence-electron chi connectivity index (χ0n) is 12.9. The highest BCUT2D eigenvalue weighted by Crippen LogP contribution is 2.24. The van der Waals surface area contributed by atoms with E-state index in [0.717, 1.165) is 30.2 Å². The van der Waals surface area contributed by atoms with Gasteiger partial charge in [0.15, 0.2) is 0 Å². The molecule has 0 spiro atoms. The lowest BCUT2D eigenvalue weighted by Gasteiger charge is -2.16. The third kappa shape index (κ3) is 2.98. The first kappa shape index (κ1) is 14.6. The SMILES string of the molecule is CCc1ccc2occ(C(=O)N(C)CC(=O)NC3CC3)c2c1. The molecular formula is C17H20N2O3. The number of likely N-dealkylation sites (N-methyl/N-ethyl adjacent to an activating group) is 1. The van der Waals surface area contributed by atoms with Crippen LogP contribution in [0.1, 0.15) is 35.7 Å². The van der Waals surface area contributed by atoms with Crippen molar-refractivity contribution >= 4 is 22.8 Å². The Morgan fingerprint density at radius 3 is 2.82 bits per heavy atom. The van der Waals surface area contributed by atoms with Gasteiger partial charge < -0.3 is 14.6 Å². The summed E-state index contributed by atoms with van der Waals surface area (Å²) in [4.78, 5) is 25.8. The van der Waals surface area contributed by atoms with Crippen LogP contribution in [0.15, 0.2) is 28.9 Å². The summed E-state index contributed by atoms with van der Waals surface area (Å²) in [6.45, 7) is 2.13. The molecule has 0 unspecified atom stereocenters. The fourth-order valence-electron chi connectivity index (χ4n) is 2.46. The molecule has 0 saturated heterocycles. The molecule has 1 aromatic heterocycles. The molecule has 1 aliphatic carbocycles. The number of fused-ring (bicyclic) bond motifs is 1. The van der Waals surface area contributed by atoms with Gasteiger partial charge in [-0.15, -0.1) is 0 Å². The predicted molar refractivity (Wildman–Crippen MR) is 83.7 cm³/mol. The van der Waals surface area contributed by atoms with Gasteiger partial charge in [0, 0.05) is 18.5 Å². The van der Waals surface area contributed by atoms with E-state index in [1.54, 1.807) is 7.05 Å². The third-order valence-electron chi connectivity index (χ3n) is 3.95. The van der Waals surface area contributed by atoms with E-state index in [-0.39, 0.29) is 18.4 Å². The number of rotatable bonds is 5. The number of aryl methyl sites for hydroxylation is 1. The first-order chi connectivity index (χ1) is 10.6. The average molecular weight is 300 g/mol. The Balaban J connectivity index is 1.76. The van der Waals surface area contributed by atoms with E-state index in [2.05, 4.69) is 12.2 Å². The van der Waals surface area contributed by atoms with Crippen LogP contribution < -0.4 is 5.32 Å². The normalized spacial score (nSPS) is 14.1. The molecule has 5 heteroatoms. The molecule has 1 aromatic carbocycles. The number of carbonyl (C=O) groups is 2. The summed E-state index contributed by atoms with van der Waals surface area (Å²) in [5.41, 5.74) is 2.35. The third-order valence-corrected chi connectivity index (χ3v) is 3.95. The molecule has 1 N–H and O–H groups in total. The standard InChI is InChI=1S/C17H20N2O3/c1-3-11-4-7-15-13(8-11)14(10-22-15)17(21)19(2)9-16(20)18-12-5-6-12/h4,7-8,10,12H,3,5-6,9H2,1-2H3,(H,18,20). The molecule has 1 saturated carbocycles. The van der Waals surface area contributed by atoms with E-state index < -0.39 is 0 Å². The molecule has 0 atom stereocenters. The van der Waals surface area contributed by atoms with E-state index in [9.17, 15) is 9.59 Å². The van der Waals surface area contributed by atoms with E-state index in [1.807, 2.05) is 18.2 Å². The van der Waals surface area contributed by atoms with Gasteiger partial charge in [0.2, 0.25) is 5.91 Å². The molecule has 0 radical (unpaired) electrons. The summed E-state index contributed by atoms with van der Waals surface area (Å²) in [5, 5.41) is 3.69. The minimum absolute atomic E-state index is 0.0650. The number of hydrogen-bond acceptors (Lipinski definition) is 3. The summed E-state index contributed by atoms with van der Waals surface area (Å²) in [7, 11) is 1.64. The van der Waals surface area contributed by atoms with Crippen molar-refractivity contribution in [2.75, 3.05) is 13.6 Å². The first-order valence-corrected chi connectivity index (χ1v) is 7.63. The maximum atomic E-state index is 12.5. The smallest absolute Gasteiger partial charge is 0.257 e. The van der Waals surface area contributed by atoms with Crippen LogP contribution in [0.25, 0.3) is 11.0 Å². The Kier molecular flexibility index (Phi) is 3.88. The molecule has 1 fully saturated rings. The lowest BCUT2D eigenvalue weighted by molar-refractivity contribution is -0.121. The van der Waals surface area contributed by atoms with Gasteiger partial charge in [-0.2, -0.15) is 0 Å². The maximum absolute atomic E-state index is 12.5. The summed E-state index contributed by atoms with van der Waals surface area (Å²) in [5.74, 6) is -0.307. The minimum atomic E-state index is -0.196. The lowest BCUT2D eigenvalue weighted by Crippen LogP contribution is -2.39. The predicted octanol–water partition coefficient (Wildman–Crippen LogP) is 2.35. The van der Waals surface area contributed by atoms with Gasteiger partial charge in [-0.3, -0.25) is 9.59 Å². The summed E-state index contributed by atoms with van der Waals surface area (Å²) in [6.07, 6.45) is 4.45. The quantitative estimate of drug-likeness (QED) is 0.922. The average Bonchev–Trinajstić information content (AvgIpc) is 3.22. The van der Waals surface area contributed by atoms with Crippen molar-refractivity contribution in [3.05, 3.63) is 35.6 Å². The molecule has 1 heterocycles. The summed E-state index contributed by atoms with van der Waals surface area (Å²) < 4.78 is 5.45. The van der Waals surface area contributed by atoms with Crippen LogP contribution in [0.5, 0.6) is 0 Å². The molecular weight excluding hydrogens is 280 g/mol. The molecule has 1 aliphatic rings. The van der Waals surface area contributed by atoms with E-state index in [0.29, 0.717) is 17.2 Å². The summed E-state index contributed by atoms with van der Waals surface area (Å²) >= 11 is 0. The van der Waals surface area contributed by atoms with Gasteiger partial charge in [0.05, 0.1) is 12.1 Å². The second kappa shape index (κ2) is 5.83. The maximum Gasteiger partial charge on any atom is 0.257 e. The molecule has 0 bridgehead atoms. The first-order valence-electron chi connectivity index (χ1n) is 7.63. The number of hydrogen-bond donors (Lipinski definition) is 1. The molecule has 2 amide bonds. The van der Waals surface area contributed by atoms with Gasteiger partial charge in [0.1, 0.15) is 11.8 Å². The molecule has 2 aromatic rings. The molecule has 0 aliphatic heterocycles. The van der Waals surface area contributed by atoms with Gasteiger partial charge in [0.25, 0.3) is 5.91 Å². The monoisotopic (exact) mass is 300 g/mol. The van der Waals surface area contributed by atoms with Crippen LogP contribution in [0.4, 0.5) is 0 Å². The van der Waals surface area contributed by atoms with Crippen LogP contribution in [-0.2, 0) is 11.2 Å². The number of amides is 2. The Morgan fingerprint density at radius 1 is 1.36 bits per heavy atom. The van der Waals surface area contributed by atoms with Crippen molar-refractivity contribution < 1.29 is 14.0 Å². The van der Waals surface area contributed by atoms with Crippen molar-refractivity contribution in [1.82, 2.24) is 10.2 Å². The van der Waals surface area contributed by atoms with Crippen molar-refractivity contribution in [1.29, 1.82) is 0 Å². The van der Waals surface area contributed by atoms with Crippen LogP contribution in [0.3, 0.4) is 0 Å². The van der Waals surface area contributed by atoms with E-state index in [1.165, 1.54) is 11.2 Å². The molecule has 116 valence electrons. The number of furan rings is 1. The van der Waals surface area contributed by atoms with Gasteiger partial charge in [-0.25, -0.2) is 0 Å². The minimum Gasteiger partial charge on any atom is -0.463 e. The fourth-order valence-corrected chi connectivity index (χ4v) is 2.46. The summed E-state index contributed by atoms with van der Waals surface area (Å²) in [6, 6.07) is 6.15. The van der Waals surface area contributed by atoms with Gasteiger partial charge in [-0.05, 0) is 37.0 Å². The van der Waals surface area contributed by atoms with Gasteiger partial charge in [-0.1, -0.05) is 13.0 Å². The number of nitrogens with zero attached hydrogens (tertiary/aromatic N) is 1. The number of carbonyl (C=O) groups excluding carboxylic acids is 2. The highest BCUT2D eigenvalue weighted by atomic mass is 16.3. The van der Waals surface area contributed by atoms with Crippen molar-refractivity contribution in [2.24, 2.45) is 0 Å². The van der Waals surface area contributed by atoms with Crippen LogP contribution in [0, 0.1) is 0 Å². The largest absolute Gasteiger partial charge is 0.463 e. The Morgan fingerprint density at radius 2 is 2.14 bits per heavy atom. The highest BCUT2D eigenvalue weighted by molar-refractivity contribution is 6.06. The zero-order chi connectivity index (χ0) is 15.7. The van der Waals surface area contributed by atoms with E-state index in [4.69, 9.17) is 4.42 Å². The lowest BCUT2D eigenvalue weighted by atomic mass is 10.1. The van der Waals surface area contributed by atoms with Crippen LogP contribution in [0.2, 0.25) is 0 Å². The van der Waals surface area contributed by atoms with E-state index >= 15 is 0 Å².